The Kier molecular flexibility index (Phi) is 3.45. The number of nitrogens with zero attached hydrogens (tertiary/aromatic N) is 2. The molecule has 0 aliphatic carbocycles. The van der Waals surface area contributed by atoms with E-state index < -0.39 is 0 Å². The third-order valence-electron chi connectivity index (χ3n) is 1.92. The summed E-state index contributed by atoms with van der Waals surface area (Å²) in [6.45, 7) is 10.2. The normalized spacial score (nSPS) is 11.0. The van der Waals surface area contributed by atoms with E-state index >= 15 is 0 Å². The summed E-state index contributed by atoms with van der Waals surface area (Å²) in [4.78, 5) is 9.30. The van der Waals surface area contributed by atoms with E-state index in [0.29, 0.717) is 5.88 Å². The summed E-state index contributed by atoms with van der Waals surface area (Å²) in [5.41, 5.74) is 2.18. The average molecular weight is 206 g/mol. The summed E-state index contributed by atoms with van der Waals surface area (Å²) >= 11 is 0. The Hall–Kier alpha value is -1.38. The van der Waals surface area contributed by atoms with Gasteiger partial charge in [0.1, 0.15) is 0 Å². The standard InChI is InChI=1S/C12H18N2O/c1-9(2)14-15-11-7-6-10(8-13-11)12(3,4)5/h6-8H,1-5H3. The van der Waals surface area contributed by atoms with Crippen LogP contribution in [0, 0.1) is 0 Å². The molecule has 82 valence electrons. The van der Waals surface area contributed by atoms with Crippen LogP contribution in [-0.2, 0) is 5.41 Å². The lowest BCUT2D eigenvalue weighted by atomic mass is 9.88. The van der Waals surface area contributed by atoms with Crippen molar-refractivity contribution in [1.82, 2.24) is 4.98 Å². The van der Waals surface area contributed by atoms with Crippen LogP contribution in [0.15, 0.2) is 23.5 Å². The molecule has 1 rings (SSSR count). The van der Waals surface area contributed by atoms with Crippen LogP contribution in [0.1, 0.15) is 40.2 Å². The van der Waals surface area contributed by atoms with Crippen molar-refractivity contribution >= 4 is 5.71 Å². The maximum absolute atomic E-state index is 5.11. The van der Waals surface area contributed by atoms with Gasteiger partial charge in [-0.05, 0) is 24.8 Å². The maximum atomic E-state index is 5.11. The summed E-state index contributed by atoms with van der Waals surface area (Å²) in [7, 11) is 0. The Balaban J connectivity index is 2.77. The molecule has 0 saturated heterocycles. The predicted octanol–water partition coefficient (Wildman–Crippen LogP) is 3.15. The minimum atomic E-state index is 0.121. The summed E-state index contributed by atoms with van der Waals surface area (Å²) in [6, 6.07) is 3.86. The molecule has 0 amide bonds. The minimum Gasteiger partial charge on any atom is -0.337 e. The topological polar surface area (TPSA) is 34.5 Å². The van der Waals surface area contributed by atoms with E-state index in [-0.39, 0.29) is 5.41 Å². The third-order valence-corrected chi connectivity index (χ3v) is 1.92. The van der Waals surface area contributed by atoms with Gasteiger partial charge in [-0.25, -0.2) is 4.98 Å². The number of hydrogen-bond acceptors (Lipinski definition) is 3. The molecule has 0 saturated carbocycles. The molecule has 15 heavy (non-hydrogen) atoms. The molecule has 0 bridgehead atoms. The highest BCUT2D eigenvalue weighted by Gasteiger charge is 2.13. The molecule has 3 heteroatoms. The quantitative estimate of drug-likeness (QED) is 0.550. The van der Waals surface area contributed by atoms with E-state index in [0.717, 1.165) is 5.71 Å². The highest BCUT2D eigenvalue weighted by atomic mass is 16.6. The summed E-state index contributed by atoms with van der Waals surface area (Å²) in [5.74, 6) is 0.532. The first-order valence-corrected chi connectivity index (χ1v) is 5.04. The van der Waals surface area contributed by atoms with Gasteiger partial charge in [0.2, 0.25) is 5.88 Å². The molecular weight excluding hydrogens is 188 g/mol. The molecule has 0 fully saturated rings. The number of oxime groups is 1. The van der Waals surface area contributed by atoms with Crippen LogP contribution in [0.4, 0.5) is 0 Å². The van der Waals surface area contributed by atoms with Gasteiger partial charge in [0.05, 0.1) is 5.71 Å². The van der Waals surface area contributed by atoms with Gasteiger partial charge in [0.15, 0.2) is 0 Å². The van der Waals surface area contributed by atoms with Crippen LogP contribution >= 0.6 is 0 Å². The first-order valence-electron chi connectivity index (χ1n) is 5.04. The summed E-state index contributed by atoms with van der Waals surface area (Å²) < 4.78 is 0. The number of rotatable bonds is 2. The first kappa shape index (κ1) is 11.7. The van der Waals surface area contributed by atoms with E-state index in [1.54, 1.807) is 0 Å². The number of pyridine rings is 1. The molecule has 1 heterocycles. The van der Waals surface area contributed by atoms with Crippen molar-refractivity contribution in [3.8, 4) is 5.88 Å². The van der Waals surface area contributed by atoms with Crippen molar-refractivity contribution in [3.63, 3.8) is 0 Å². The fourth-order valence-electron chi connectivity index (χ4n) is 1.02. The molecule has 0 N–H and O–H groups in total. The van der Waals surface area contributed by atoms with Gasteiger partial charge >= 0.3 is 0 Å². The second-order valence-electron chi connectivity index (χ2n) is 4.76. The number of hydrogen-bond donors (Lipinski definition) is 0. The molecule has 1 aromatic rings. The molecule has 0 atom stereocenters. The Morgan fingerprint density at radius 2 is 1.93 bits per heavy atom. The highest BCUT2D eigenvalue weighted by Crippen LogP contribution is 2.22. The van der Waals surface area contributed by atoms with Crippen molar-refractivity contribution in [3.05, 3.63) is 23.9 Å². The molecule has 1 aromatic heterocycles. The molecule has 0 unspecified atom stereocenters. The largest absolute Gasteiger partial charge is 0.337 e. The van der Waals surface area contributed by atoms with Gasteiger partial charge in [-0.2, -0.15) is 0 Å². The van der Waals surface area contributed by atoms with E-state index in [1.807, 2.05) is 32.2 Å². The zero-order chi connectivity index (χ0) is 11.5. The van der Waals surface area contributed by atoms with Gasteiger partial charge in [0, 0.05) is 12.3 Å². The van der Waals surface area contributed by atoms with Crippen LogP contribution in [0.25, 0.3) is 0 Å². The molecule has 0 aliphatic rings. The highest BCUT2D eigenvalue weighted by molar-refractivity contribution is 5.78. The molecule has 3 nitrogen and oxygen atoms in total. The molecule has 0 aromatic carbocycles. The average Bonchev–Trinajstić information content (AvgIpc) is 2.14. The monoisotopic (exact) mass is 206 g/mol. The van der Waals surface area contributed by atoms with E-state index in [2.05, 4.69) is 30.9 Å². The van der Waals surface area contributed by atoms with Gasteiger partial charge < -0.3 is 4.84 Å². The van der Waals surface area contributed by atoms with Gasteiger partial charge in [0.25, 0.3) is 0 Å². The lowest BCUT2D eigenvalue weighted by Crippen LogP contribution is -2.11. The van der Waals surface area contributed by atoms with Crippen molar-refractivity contribution in [2.24, 2.45) is 5.16 Å². The lowest BCUT2D eigenvalue weighted by Gasteiger charge is -2.17. The minimum absolute atomic E-state index is 0.121. The molecule has 0 aliphatic heterocycles. The van der Waals surface area contributed by atoms with Crippen molar-refractivity contribution in [2.45, 2.75) is 40.0 Å². The predicted molar refractivity (Wildman–Crippen MR) is 62.3 cm³/mol. The fraction of sp³-hybridized carbons (Fsp3) is 0.500. The zero-order valence-electron chi connectivity index (χ0n) is 10.0. The van der Waals surface area contributed by atoms with E-state index in [4.69, 9.17) is 4.84 Å². The first-order chi connectivity index (χ1) is 6.89. The number of aromatic nitrogens is 1. The van der Waals surface area contributed by atoms with Gasteiger partial charge in [-0.1, -0.05) is 32.0 Å². The van der Waals surface area contributed by atoms with Crippen LogP contribution < -0.4 is 4.84 Å². The van der Waals surface area contributed by atoms with Gasteiger partial charge in [-0.15, -0.1) is 0 Å². The Bertz CT molecular complexity index is 343. The van der Waals surface area contributed by atoms with Crippen molar-refractivity contribution < 1.29 is 4.84 Å². The van der Waals surface area contributed by atoms with Crippen LogP contribution in [-0.4, -0.2) is 10.7 Å². The molecule has 0 spiro atoms. The summed E-state index contributed by atoms with van der Waals surface area (Å²) in [5, 5.41) is 3.84. The molecular formula is C12H18N2O. The van der Waals surface area contributed by atoms with Crippen LogP contribution in [0.5, 0.6) is 5.88 Å². The van der Waals surface area contributed by atoms with Crippen LogP contribution in [0.3, 0.4) is 0 Å². The van der Waals surface area contributed by atoms with Crippen LogP contribution in [0.2, 0.25) is 0 Å². The fourth-order valence-corrected chi connectivity index (χ4v) is 1.02. The second-order valence-corrected chi connectivity index (χ2v) is 4.76. The van der Waals surface area contributed by atoms with Gasteiger partial charge in [-0.3, -0.25) is 0 Å². The Morgan fingerprint density at radius 3 is 2.33 bits per heavy atom. The Morgan fingerprint density at radius 1 is 1.27 bits per heavy atom. The smallest absolute Gasteiger partial charge is 0.248 e. The SMILES string of the molecule is CC(C)=NOc1ccc(C(C)(C)C)cn1. The third kappa shape index (κ3) is 3.70. The maximum Gasteiger partial charge on any atom is 0.248 e. The molecule has 0 radical (unpaired) electrons. The lowest BCUT2D eigenvalue weighted by molar-refractivity contribution is 0.326. The van der Waals surface area contributed by atoms with E-state index in [9.17, 15) is 0 Å². The Labute approximate surface area is 91.2 Å². The zero-order valence-corrected chi connectivity index (χ0v) is 10.0. The van der Waals surface area contributed by atoms with E-state index in [1.165, 1.54) is 5.56 Å². The second kappa shape index (κ2) is 4.43. The summed E-state index contributed by atoms with van der Waals surface area (Å²) in [6.07, 6.45) is 1.83. The van der Waals surface area contributed by atoms with Crippen molar-refractivity contribution in [2.75, 3.05) is 0 Å². The van der Waals surface area contributed by atoms with Crippen molar-refractivity contribution in [1.29, 1.82) is 0 Å².